The third-order valence-electron chi connectivity index (χ3n) is 4.29. The molecule has 1 aromatic rings. The molecule has 0 aromatic heterocycles. The number of primary sulfonamides is 1. The van der Waals surface area contributed by atoms with E-state index >= 15 is 0 Å². The van der Waals surface area contributed by atoms with Crippen molar-refractivity contribution in [1.82, 2.24) is 4.72 Å². The maximum atomic E-state index is 12.5. The lowest BCUT2D eigenvalue weighted by molar-refractivity contribution is 0.318. The van der Waals surface area contributed by atoms with Crippen LogP contribution in [0.2, 0.25) is 5.02 Å². The van der Waals surface area contributed by atoms with Crippen LogP contribution in [0, 0.1) is 11.8 Å². The molecule has 2 rings (SSSR count). The van der Waals surface area contributed by atoms with Crippen molar-refractivity contribution >= 4 is 37.3 Å². The van der Waals surface area contributed by atoms with Gasteiger partial charge < -0.3 is 5.32 Å². The van der Waals surface area contributed by atoms with Crippen molar-refractivity contribution in [3.05, 3.63) is 17.2 Å². The molecule has 23 heavy (non-hydrogen) atoms. The zero-order valence-electron chi connectivity index (χ0n) is 13.0. The van der Waals surface area contributed by atoms with Crippen LogP contribution in [-0.4, -0.2) is 23.0 Å². The maximum Gasteiger partial charge on any atom is 0.244 e. The summed E-state index contributed by atoms with van der Waals surface area (Å²) in [4.78, 5) is -0.600. The number of anilines is 1. The lowest BCUT2D eigenvalue weighted by atomic mass is 9.91. The van der Waals surface area contributed by atoms with Crippen molar-refractivity contribution in [2.75, 3.05) is 5.32 Å². The van der Waals surface area contributed by atoms with E-state index in [1.165, 1.54) is 6.07 Å². The molecule has 0 aliphatic carbocycles. The minimum absolute atomic E-state index is 0.0274. The van der Waals surface area contributed by atoms with Crippen LogP contribution in [0.25, 0.3) is 0 Å². The molecular formula is C13H20ClN3O4S2. The first kappa shape index (κ1) is 18.5. The Bertz CT molecular complexity index is 824. The highest BCUT2D eigenvalue weighted by atomic mass is 35.5. The number of nitrogens with one attached hydrogen (secondary N) is 2. The predicted molar refractivity (Wildman–Crippen MR) is 89.2 cm³/mol. The number of sulfonamides is 2. The third kappa shape index (κ3) is 3.63. The Morgan fingerprint density at radius 1 is 1.35 bits per heavy atom. The van der Waals surface area contributed by atoms with E-state index < -0.39 is 31.1 Å². The Labute approximate surface area is 141 Å². The summed E-state index contributed by atoms with van der Waals surface area (Å²) in [5.41, 5.74) is 0.265. The Balaban J connectivity index is 2.53. The molecule has 10 heteroatoms. The van der Waals surface area contributed by atoms with Crippen molar-refractivity contribution in [3.8, 4) is 0 Å². The molecular weight excluding hydrogens is 362 g/mol. The minimum Gasteiger partial charge on any atom is -0.368 e. The van der Waals surface area contributed by atoms with Gasteiger partial charge in [0.2, 0.25) is 20.0 Å². The van der Waals surface area contributed by atoms with Gasteiger partial charge in [-0.15, -0.1) is 0 Å². The normalized spacial score (nSPS) is 22.7. The molecule has 0 spiro atoms. The average Bonchev–Trinajstić information content (AvgIpc) is 2.42. The standard InChI is InChI=1S/C13H20ClN3O4S2/c1-4-7(2)8(3)13-16-10-5-9(14)11(22(15,18)19)6-12(10)23(20,21)17-13/h5-8,13,16-17H,4H2,1-3H3,(H2,15,18,19)/t7-,8-,13+/m1/s1. The second-order valence-electron chi connectivity index (χ2n) is 5.81. The fourth-order valence-corrected chi connectivity index (χ4v) is 5.04. The van der Waals surface area contributed by atoms with Crippen LogP contribution in [0.4, 0.5) is 5.69 Å². The van der Waals surface area contributed by atoms with Gasteiger partial charge in [-0.3, -0.25) is 0 Å². The van der Waals surface area contributed by atoms with Gasteiger partial charge >= 0.3 is 0 Å². The van der Waals surface area contributed by atoms with E-state index in [0.717, 1.165) is 12.5 Å². The average molecular weight is 382 g/mol. The highest BCUT2D eigenvalue weighted by molar-refractivity contribution is 7.90. The third-order valence-corrected chi connectivity index (χ3v) is 7.15. The molecule has 0 radical (unpaired) electrons. The number of rotatable bonds is 4. The van der Waals surface area contributed by atoms with Crippen molar-refractivity contribution in [2.24, 2.45) is 17.0 Å². The minimum atomic E-state index is -4.12. The first-order valence-electron chi connectivity index (χ1n) is 7.12. The van der Waals surface area contributed by atoms with Gasteiger partial charge in [0.05, 0.1) is 16.9 Å². The molecule has 1 heterocycles. The summed E-state index contributed by atoms with van der Waals surface area (Å²) in [5, 5.41) is 8.02. The zero-order chi connectivity index (χ0) is 17.6. The number of nitrogens with two attached hydrogens (primary N) is 1. The van der Waals surface area contributed by atoms with E-state index in [4.69, 9.17) is 16.7 Å². The number of hydrogen-bond donors (Lipinski definition) is 3. The maximum absolute atomic E-state index is 12.5. The molecule has 7 nitrogen and oxygen atoms in total. The Kier molecular flexibility index (Phi) is 4.99. The van der Waals surface area contributed by atoms with Crippen molar-refractivity contribution in [2.45, 2.75) is 43.1 Å². The van der Waals surface area contributed by atoms with Crippen LogP contribution < -0.4 is 15.2 Å². The van der Waals surface area contributed by atoms with E-state index in [0.29, 0.717) is 0 Å². The van der Waals surface area contributed by atoms with E-state index in [1.807, 2.05) is 20.8 Å². The van der Waals surface area contributed by atoms with E-state index in [-0.39, 0.29) is 27.4 Å². The van der Waals surface area contributed by atoms with Gasteiger partial charge in [-0.2, -0.15) is 4.72 Å². The van der Waals surface area contributed by atoms with Gasteiger partial charge in [0.25, 0.3) is 0 Å². The van der Waals surface area contributed by atoms with Gasteiger partial charge in [0.1, 0.15) is 9.79 Å². The van der Waals surface area contributed by atoms with Gasteiger partial charge in [-0.1, -0.05) is 38.8 Å². The number of halogens is 1. The molecule has 130 valence electrons. The van der Waals surface area contributed by atoms with Gasteiger partial charge in [-0.25, -0.2) is 22.0 Å². The second kappa shape index (κ2) is 6.21. The van der Waals surface area contributed by atoms with Crippen LogP contribution in [-0.2, 0) is 20.0 Å². The molecule has 0 saturated carbocycles. The molecule has 0 saturated heterocycles. The topological polar surface area (TPSA) is 118 Å². The summed E-state index contributed by atoms with van der Waals surface area (Å²) in [5.74, 6) is 0.315. The Hall–Kier alpha value is -0.870. The predicted octanol–water partition coefficient (Wildman–Crippen LogP) is 1.70. The van der Waals surface area contributed by atoms with Gasteiger partial charge in [0.15, 0.2) is 0 Å². The molecule has 1 aliphatic heterocycles. The van der Waals surface area contributed by atoms with E-state index in [9.17, 15) is 16.8 Å². The summed E-state index contributed by atoms with van der Waals surface area (Å²) < 4.78 is 50.5. The lowest BCUT2D eigenvalue weighted by Gasteiger charge is -2.34. The molecule has 0 bridgehead atoms. The van der Waals surface area contributed by atoms with Crippen LogP contribution >= 0.6 is 11.6 Å². The van der Waals surface area contributed by atoms with Crippen molar-refractivity contribution < 1.29 is 16.8 Å². The number of fused-ring (bicyclic) bond motifs is 1. The monoisotopic (exact) mass is 381 g/mol. The van der Waals surface area contributed by atoms with Gasteiger partial charge in [0, 0.05) is 0 Å². The zero-order valence-corrected chi connectivity index (χ0v) is 15.4. The molecule has 0 fully saturated rings. The first-order chi connectivity index (χ1) is 10.5. The summed E-state index contributed by atoms with van der Waals surface area (Å²) in [6, 6.07) is 2.26. The number of hydrogen-bond acceptors (Lipinski definition) is 5. The SMILES string of the molecule is CC[C@@H](C)[C@@H](C)[C@H]1Nc2cc(Cl)c(S(N)(=O)=O)cc2S(=O)(=O)N1. The second-order valence-corrected chi connectivity index (χ2v) is 9.43. The molecule has 1 aromatic carbocycles. The summed E-state index contributed by atoms with van der Waals surface area (Å²) >= 11 is 5.94. The number of benzene rings is 1. The summed E-state index contributed by atoms with van der Waals surface area (Å²) in [6.45, 7) is 6.01. The highest BCUT2D eigenvalue weighted by Gasteiger charge is 2.35. The highest BCUT2D eigenvalue weighted by Crippen LogP contribution is 2.35. The van der Waals surface area contributed by atoms with Gasteiger partial charge in [-0.05, 0) is 24.0 Å². The van der Waals surface area contributed by atoms with Crippen LogP contribution in [0.15, 0.2) is 21.9 Å². The Morgan fingerprint density at radius 3 is 2.48 bits per heavy atom. The summed E-state index contributed by atoms with van der Waals surface area (Å²) in [6.07, 6.45) is 0.401. The van der Waals surface area contributed by atoms with E-state index in [2.05, 4.69) is 10.0 Å². The quantitative estimate of drug-likeness (QED) is 0.733. The molecule has 0 unspecified atom stereocenters. The summed E-state index contributed by atoms with van der Waals surface area (Å²) in [7, 11) is -7.99. The van der Waals surface area contributed by atoms with Crippen LogP contribution in [0.3, 0.4) is 0 Å². The first-order valence-corrected chi connectivity index (χ1v) is 10.5. The van der Waals surface area contributed by atoms with E-state index in [1.54, 1.807) is 0 Å². The smallest absolute Gasteiger partial charge is 0.244 e. The van der Waals surface area contributed by atoms with Crippen molar-refractivity contribution in [1.29, 1.82) is 0 Å². The van der Waals surface area contributed by atoms with Crippen molar-refractivity contribution in [3.63, 3.8) is 0 Å². The molecule has 1 aliphatic rings. The fourth-order valence-electron chi connectivity index (χ4n) is 2.45. The largest absolute Gasteiger partial charge is 0.368 e. The lowest BCUT2D eigenvalue weighted by Crippen LogP contribution is -2.49. The molecule has 0 amide bonds. The van der Waals surface area contributed by atoms with Crippen LogP contribution in [0.1, 0.15) is 27.2 Å². The molecule has 4 N–H and O–H groups in total. The fraction of sp³-hybridized carbons (Fsp3) is 0.538. The molecule has 3 atom stereocenters. The van der Waals surface area contributed by atoms with Crippen LogP contribution in [0.5, 0.6) is 0 Å². The Morgan fingerprint density at radius 2 is 1.96 bits per heavy atom.